The van der Waals surface area contributed by atoms with Crippen LogP contribution in [0, 0.1) is 0 Å². The molecular weight excluding hydrogens is 284 g/mol. The molecule has 5 nitrogen and oxygen atoms in total. The molecule has 2 rings (SSSR count). The predicted octanol–water partition coefficient (Wildman–Crippen LogP) is 2.91. The van der Waals surface area contributed by atoms with Crippen LogP contribution < -0.4 is 9.47 Å². The summed E-state index contributed by atoms with van der Waals surface area (Å²) in [5.41, 5.74) is 0.552. The summed E-state index contributed by atoms with van der Waals surface area (Å²) in [7, 11) is 1.55. The Hall–Kier alpha value is -2.82. The van der Waals surface area contributed by atoms with E-state index < -0.39 is 18.0 Å². The van der Waals surface area contributed by atoms with Gasteiger partial charge >= 0.3 is 11.9 Å². The molecule has 0 heterocycles. The number of hydrogen-bond donors (Lipinski definition) is 0. The Kier molecular flexibility index (Phi) is 5.14. The van der Waals surface area contributed by atoms with E-state index in [1.807, 2.05) is 6.07 Å². The minimum atomic E-state index is -1.10. The highest BCUT2D eigenvalue weighted by molar-refractivity contribution is 5.81. The van der Waals surface area contributed by atoms with Gasteiger partial charge in [-0.2, -0.15) is 0 Å². The molecule has 22 heavy (non-hydrogen) atoms. The van der Waals surface area contributed by atoms with E-state index in [9.17, 15) is 9.59 Å². The van der Waals surface area contributed by atoms with E-state index in [1.165, 1.54) is 6.92 Å². The van der Waals surface area contributed by atoms with Crippen LogP contribution in [0.4, 0.5) is 0 Å². The summed E-state index contributed by atoms with van der Waals surface area (Å²) in [5, 5.41) is 0. The van der Waals surface area contributed by atoms with Crippen molar-refractivity contribution >= 4 is 11.9 Å². The van der Waals surface area contributed by atoms with Gasteiger partial charge in [0.05, 0.1) is 7.11 Å². The second-order valence-electron chi connectivity index (χ2n) is 4.50. The fourth-order valence-electron chi connectivity index (χ4n) is 1.86. The molecule has 0 aliphatic carbocycles. The minimum Gasteiger partial charge on any atom is -0.497 e. The molecule has 0 amide bonds. The summed E-state index contributed by atoms with van der Waals surface area (Å²) in [6, 6.07) is 15.3. The van der Waals surface area contributed by atoms with E-state index in [4.69, 9.17) is 14.2 Å². The summed E-state index contributed by atoms with van der Waals surface area (Å²) in [6.07, 6.45) is -1.10. The number of esters is 2. The molecule has 0 aromatic heterocycles. The number of carbonyl (C=O) groups excluding carboxylic acids is 2. The summed E-state index contributed by atoms with van der Waals surface area (Å²) in [5.74, 6) is -0.217. The minimum absolute atomic E-state index is 0.346. The first-order valence-corrected chi connectivity index (χ1v) is 6.68. The van der Waals surface area contributed by atoms with Crippen molar-refractivity contribution in [2.24, 2.45) is 0 Å². The number of methoxy groups -OCH3 is 1. The molecule has 0 aliphatic heterocycles. The van der Waals surface area contributed by atoms with Crippen LogP contribution in [0.15, 0.2) is 54.6 Å². The third-order valence-electron chi connectivity index (χ3n) is 2.88. The standard InChI is InChI=1S/C17H16O5/c1-12(18)21-16(13-6-4-3-5-7-13)17(19)22-15-10-8-14(20-2)9-11-15/h3-11,16H,1-2H3/t16-/m1/s1. The smallest absolute Gasteiger partial charge is 0.357 e. The molecule has 0 N–H and O–H groups in total. The van der Waals surface area contributed by atoms with E-state index in [2.05, 4.69) is 0 Å². The molecule has 0 saturated heterocycles. The molecule has 2 aromatic rings. The van der Waals surface area contributed by atoms with Crippen LogP contribution >= 0.6 is 0 Å². The maximum atomic E-state index is 12.3. The van der Waals surface area contributed by atoms with Gasteiger partial charge in [-0.3, -0.25) is 4.79 Å². The van der Waals surface area contributed by atoms with Crippen LogP contribution in [0.2, 0.25) is 0 Å². The van der Waals surface area contributed by atoms with Crippen molar-refractivity contribution < 1.29 is 23.8 Å². The lowest BCUT2D eigenvalue weighted by Gasteiger charge is -2.16. The number of hydrogen-bond acceptors (Lipinski definition) is 5. The average molecular weight is 300 g/mol. The van der Waals surface area contributed by atoms with Gasteiger partial charge in [-0.05, 0) is 24.3 Å². The SMILES string of the molecule is COc1ccc(OC(=O)[C@H](OC(C)=O)c2ccccc2)cc1. The summed E-state index contributed by atoms with van der Waals surface area (Å²) < 4.78 is 15.4. The van der Waals surface area contributed by atoms with Crippen molar-refractivity contribution in [3.8, 4) is 11.5 Å². The molecule has 5 heteroatoms. The molecule has 1 atom stereocenters. The number of benzene rings is 2. The quantitative estimate of drug-likeness (QED) is 0.627. The Morgan fingerprint density at radius 1 is 0.909 bits per heavy atom. The van der Waals surface area contributed by atoms with Crippen molar-refractivity contribution in [1.82, 2.24) is 0 Å². The highest BCUT2D eigenvalue weighted by atomic mass is 16.6. The highest BCUT2D eigenvalue weighted by Gasteiger charge is 2.25. The monoisotopic (exact) mass is 300 g/mol. The maximum absolute atomic E-state index is 12.3. The molecule has 0 unspecified atom stereocenters. The van der Waals surface area contributed by atoms with Gasteiger partial charge in [0.2, 0.25) is 6.10 Å². The van der Waals surface area contributed by atoms with Crippen molar-refractivity contribution in [3.05, 3.63) is 60.2 Å². The van der Waals surface area contributed by atoms with Crippen molar-refractivity contribution in [2.45, 2.75) is 13.0 Å². The van der Waals surface area contributed by atoms with Crippen molar-refractivity contribution in [2.75, 3.05) is 7.11 Å². The topological polar surface area (TPSA) is 61.8 Å². The molecule has 0 aliphatic rings. The fourth-order valence-corrected chi connectivity index (χ4v) is 1.86. The second kappa shape index (κ2) is 7.26. The Bertz CT molecular complexity index is 634. The Balaban J connectivity index is 2.16. The lowest BCUT2D eigenvalue weighted by Crippen LogP contribution is -2.23. The first-order valence-electron chi connectivity index (χ1n) is 6.68. The third-order valence-corrected chi connectivity index (χ3v) is 2.88. The summed E-state index contributed by atoms with van der Waals surface area (Å²) in [4.78, 5) is 23.5. The van der Waals surface area contributed by atoms with Crippen LogP contribution in [0.5, 0.6) is 11.5 Å². The number of ether oxygens (including phenoxy) is 3. The molecular formula is C17H16O5. The zero-order chi connectivity index (χ0) is 15.9. The van der Waals surface area contributed by atoms with Gasteiger partial charge in [-0.15, -0.1) is 0 Å². The van der Waals surface area contributed by atoms with E-state index in [1.54, 1.807) is 55.6 Å². The normalized spacial score (nSPS) is 11.4. The molecule has 2 aromatic carbocycles. The zero-order valence-corrected chi connectivity index (χ0v) is 12.3. The van der Waals surface area contributed by atoms with Crippen molar-refractivity contribution in [1.29, 1.82) is 0 Å². The lowest BCUT2D eigenvalue weighted by atomic mass is 10.1. The predicted molar refractivity (Wildman–Crippen MR) is 79.6 cm³/mol. The van der Waals surface area contributed by atoms with E-state index in [0.717, 1.165) is 0 Å². The van der Waals surface area contributed by atoms with Gasteiger partial charge in [-0.25, -0.2) is 4.79 Å². The molecule has 0 radical (unpaired) electrons. The third kappa shape index (κ3) is 4.09. The Morgan fingerprint density at radius 2 is 1.50 bits per heavy atom. The summed E-state index contributed by atoms with van der Waals surface area (Å²) in [6.45, 7) is 1.25. The fraction of sp³-hybridized carbons (Fsp3) is 0.176. The maximum Gasteiger partial charge on any atom is 0.357 e. The molecule has 0 saturated carbocycles. The van der Waals surface area contributed by atoms with E-state index in [0.29, 0.717) is 17.1 Å². The van der Waals surface area contributed by atoms with Gasteiger partial charge in [0.1, 0.15) is 11.5 Å². The molecule has 0 fully saturated rings. The van der Waals surface area contributed by atoms with Crippen molar-refractivity contribution in [3.63, 3.8) is 0 Å². The molecule has 114 valence electrons. The van der Waals surface area contributed by atoms with Crippen LogP contribution in [0.1, 0.15) is 18.6 Å². The average Bonchev–Trinajstić information content (AvgIpc) is 2.54. The highest BCUT2D eigenvalue weighted by Crippen LogP contribution is 2.23. The van der Waals surface area contributed by atoms with Gasteiger partial charge in [0.15, 0.2) is 0 Å². The van der Waals surface area contributed by atoms with E-state index in [-0.39, 0.29) is 0 Å². The molecule has 0 bridgehead atoms. The van der Waals surface area contributed by atoms with E-state index >= 15 is 0 Å². The van der Waals surface area contributed by atoms with Gasteiger partial charge in [0, 0.05) is 12.5 Å². The number of carbonyl (C=O) groups is 2. The largest absolute Gasteiger partial charge is 0.497 e. The Morgan fingerprint density at radius 3 is 2.05 bits per heavy atom. The number of rotatable bonds is 5. The zero-order valence-electron chi connectivity index (χ0n) is 12.3. The lowest BCUT2D eigenvalue weighted by molar-refractivity contribution is -0.161. The Labute approximate surface area is 128 Å². The first kappa shape index (κ1) is 15.6. The van der Waals surface area contributed by atoms with Gasteiger partial charge in [0.25, 0.3) is 0 Å². The van der Waals surface area contributed by atoms with Crippen LogP contribution in [0.25, 0.3) is 0 Å². The van der Waals surface area contributed by atoms with Crippen LogP contribution in [-0.2, 0) is 14.3 Å². The summed E-state index contributed by atoms with van der Waals surface area (Å²) >= 11 is 0. The van der Waals surface area contributed by atoms with Gasteiger partial charge in [-0.1, -0.05) is 30.3 Å². The van der Waals surface area contributed by atoms with Gasteiger partial charge < -0.3 is 14.2 Å². The molecule has 0 spiro atoms. The van der Waals surface area contributed by atoms with Crippen LogP contribution in [-0.4, -0.2) is 19.0 Å². The first-order chi connectivity index (χ1) is 10.6. The van der Waals surface area contributed by atoms with Crippen LogP contribution in [0.3, 0.4) is 0 Å². The second-order valence-corrected chi connectivity index (χ2v) is 4.50.